The maximum Gasteiger partial charge on any atom is 0.333 e. The molecule has 1 aliphatic rings. The molecule has 0 aromatic rings. The van der Waals surface area contributed by atoms with Crippen molar-refractivity contribution >= 4 is 11.9 Å². The summed E-state index contributed by atoms with van der Waals surface area (Å²) in [5.41, 5.74) is 0.437. The third-order valence-corrected chi connectivity index (χ3v) is 5.26. The van der Waals surface area contributed by atoms with Crippen molar-refractivity contribution < 1.29 is 19.1 Å². The molecule has 0 unspecified atom stereocenters. The number of ether oxygens (including phenoxy) is 2. The fourth-order valence-electron chi connectivity index (χ4n) is 3.51. The molecule has 4 nitrogen and oxygen atoms in total. The fourth-order valence-corrected chi connectivity index (χ4v) is 3.51. The van der Waals surface area contributed by atoms with E-state index in [4.69, 9.17) is 9.47 Å². The van der Waals surface area contributed by atoms with Crippen LogP contribution in [0.25, 0.3) is 0 Å². The van der Waals surface area contributed by atoms with E-state index in [2.05, 4.69) is 13.5 Å². The number of hydrogen-bond donors (Lipinski definition) is 0. The van der Waals surface area contributed by atoms with Gasteiger partial charge in [0.15, 0.2) is 0 Å². The van der Waals surface area contributed by atoms with Crippen molar-refractivity contribution in [2.75, 3.05) is 13.2 Å². The molecule has 1 saturated carbocycles. The standard InChI is InChI=1S/C22H38O4/c1-4-5-8-11-19-12-14-20(15-13-19)22(24)26-17-10-7-6-9-16-25-21(23)18(2)3/h19-20H,2,4-17H2,1,3H3. The summed E-state index contributed by atoms with van der Waals surface area (Å²) in [6.07, 6.45) is 13.3. The molecule has 0 atom stereocenters. The van der Waals surface area contributed by atoms with Crippen LogP contribution in [0.2, 0.25) is 0 Å². The highest BCUT2D eigenvalue weighted by molar-refractivity contribution is 5.86. The second-order valence-electron chi connectivity index (χ2n) is 7.71. The van der Waals surface area contributed by atoms with Gasteiger partial charge >= 0.3 is 11.9 Å². The van der Waals surface area contributed by atoms with E-state index in [0.717, 1.165) is 44.4 Å². The molecule has 1 fully saturated rings. The molecule has 0 radical (unpaired) electrons. The average molecular weight is 367 g/mol. The first kappa shape index (κ1) is 22.7. The van der Waals surface area contributed by atoms with Gasteiger partial charge in [-0.3, -0.25) is 4.79 Å². The van der Waals surface area contributed by atoms with Gasteiger partial charge < -0.3 is 9.47 Å². The molecule has 0 spiro atoms. The number of rotatable bonds is 13. The van der Waals surface area contributed by atoms with Gasteiger partial charge in [0.25, 0.3) is 0 Å². The average Bonchev–Trinajstić information content (AvgIpc) is 2.64. The molecule has 1 aliphatic carbocycles. The fraction of sp³-hybridized carbons (Fsp3) is 0.818. The van der Waals surface area contributed by atoms with Gasteiger partial charge in [-0.1, -0.05) is 39.2 Å². The Balaban J connectivity index is 1.97. The smallest absolute Gasteiger partial charge is 0.333 e. The molecule has 26 heavy (non-hydrogen) atoms. The normalized spacial score (nSPS) is 19.8. The van der Waals surface area contributed by atoms with Crippen LogP contribution >= 0.6 is 0 Å². The molecule has 0 aliphatic heterocycles. The van der Waals surface area contributed by atoms with Gasteiger partial charge in [-0.15, -0.1) is 0 Å². The topological polar surface area (TPSA) is 52.6 Å². The zero-order valence-corrected chi connectivity index (χ0v) is 16.9. The number of carbonyl (C=O) groups is 2. The molecule has 0 aromatic heterocycles. The molecule has 0 saturated heterocycles. The van der Waals surface area contributed by atoms with Crippen LogP contribution in [0.4, 0.5) is 0 Å². The summed E-state index contributed by atoms with van der Waals surface area (Å²) < 4.78 is 10.5. The van der Waals surface area contributed by atoms with Crippen LogP contribution in [-0.4, -0.2) is 25.2 Å². The third-order valence-electron chi connectivity index (χ3n) is 5.26. The van der Waals surface area contributed by atoms with Crippen LogP contribution in [0, 0.1) is 11.8 Å². The second-order valence-corrected chi connectivity index (χ2v) is 7.71. The first-order chi connectivity index (χ1) is 12.5. The first-order valence-electron chi connectivity index (χ1n) is 10.5. The van der Waals surface area contributed by atoms with E-state index in [1.165, 1.54) is 38.5 Å². The SMILES string of the molecule is C=C(C)C(=O)OCCCCCCOC(=O)C1CCC(CCCCC)CC1. The predicted octanol–water partition coefficient (Wildman–Crippen LogP) is 5.60. The molecular weight excluding hydrogens is 328 g/mol. The molecule has 150 valence electrons. The van der Waals surface area contributed by atoms with E-state index in [1.54, 1.807) is 6.92 Å². The maximum absolute atomic E-state index is 12.2. The van der Waals surface area contributed by atoms with Crippen LogP contribution in [-0.2, 0) is 19.1 Å². The summed E-state index contributed by atoms with van der Waals surface area (Å²) in [6, 6.07) is 0. The van der Waals surface area contributed by atoms with E-state index in [1.807, 2.05) is 0 Å². The van der Waals surface area contributed by atoms with E-state index >= 15 is 0 Å². The molecular formula is C22H38O4. The van der Waals surface area contributed by atoms with Gasteiger partial charge in [-0.25, -0.2) is 4.79 Å². The predicted molar refractivity (Wildman–Crippen MR) is 105 cm³/mol. The lowest BCUT2D eigenvalue weighted by Crippen LogP contribution is -2.24. The summed E-state index contributed by atoms with van der Waals surface area (Å²) in [5.74, 6) is 0.634. The summed E-state index contributed by atoms with van der Waals surface area (Å²) >= 11 is 0. The van der Waals surface area contributed by atoms with Gasteiger partial charge in [0.2, 0.25) is 0 Å². The Kier molecular flexibility index (Phi) is 12.1. The maximum atomic E-state index is 12.2. The van der Waals surface area contributed by atoms with Gasteiger partial charge in [-0.2, -0.15) is 0 Å². The molecule has 0 bridgehead atoms. The highest BCUT2D eigenvalue weighted by atomic mass is 16.5. The minimum atomic E-state index is -0.320. The molecule has 4 heteroatoms. The lowest BCUT2D eigenvalue weighted by atomic mass is 9.80. The molecule has 0 aromatic carbocycles. The van der Waals surface area contributed by atoms with Gasteiger partial charge in [0, 0.05) is 5.57 Å². The van der Waals surface area contributed by atoms with Gasteiger partial charge in [0.05, 0.1) is 19.1 Å². The summed E-state index contributed by atoms with van der Waals surface area (Å²) in [7, 11) is 0. The van der Waals surface area contributed by atoms with Crippen molar-refractivity contribution in [3.8, 4) is 0 Å². The number of carbonyl (C=O) groups excluding carboxylic acids is 2. The van der Waals surface area contributed by atoms with Crippen molar-refractivity contribution in [3.05, 3.63) is 12.2 Å². The number of hydrogen-bond acceptors (Lipinski definition) is 4. The monoisotopic (exact) mass is 366 g/mol. The summed E-state index contributed by atoms with van der Waals surface area (Å²) in [5, 5.41) is 0. The van der Waals surface area contributed by atoms with Gasteiger partial charge in [-0.05, 0) is 64.2 Å². The zero-order chi connectivity index (χ0) is 19.2. The van der Waals surface area contributed by atoms with Crippen molar-refractivity contribution in [3.63, 3.8) is 0 Å². The highest BCUT2D eigenvalue weighted by Crippen LogP contribution is 2.32. The lowest BCUT2D eigenvalue weighted by Gasteiger charge is -2.27. The van der Waals surface area contributed by atoms with Gasteiger partial charge in [0.1, 0.15) is 0 Å². The quantitative estimate of drug-likeness (QED) is 0.242. The molecule has 0 heterocycles. The first-order valence-corrected chi connectivity index (χ1v) is 10.5. The van der Waals surface area contributed by atoms with E-state index < -0.39 is 0 Å². The van der Waals surface area contributed by atoms with Crippen LogP contribution in [0.1, 0.15) is 90.9 Å². The Labute approximate surface area is 159 Å². The Morgan fingerprint density at radius 1 is 0.885 bits per heavy atom. The molecule has 1 rings (SSSR count). The Hall–Kier alpha value is -1.32. The van der Waals surface area contributed by atoms with E-state index in [9.17, 15) is 9.59 Å². The van der Waals surface area contributed by atoms with Crippen molar-refractivity contribution in [1.29, 1.82) is 0 Å². The van der Waals surface area contributed by atoms with Crippen molar-refractivity contribution in [1.82, 2.24) is 0 Å². The lowest BCUT2D eigenvalue weighted by molar-refractivity contribution is -0.150. The number of unbranched alkanes of at least 4 members (excludes halogenated alkanes) is 5. The largest absolute Gasteiger partial charge is 0.465 e. The Morgan fingerprint density at radius 3 is 2.08 bits per heavy atom. The summed E-state index contributed by atoms with van der Waals surface area (Å²) in [4.78, 5) is 23.4. The second kappa shape index (κ2) is 13.8. The van der Waals surface area contributed by atoms with Crippen molar-refractivity contribution in [2.45, 2.75) is 90.9 Å². The van der Waals surface area contributed by atoms with Crippen LogP contribution in [0.15, 0.2) is 12.2 Å². The molecule has 0 amide bonds. The summed E-state index contributed by atoms with van der Waals surface area (Å²) in [6.45, 7) is 8.39. The van der Waals surface area contributed by atoms with E-state index in [0.29, 0.717) is 18.8 Å². The highest BCUT2D eigenvalue weighted by Gasteiger charge is 2.26. The minimum absolute atomic E-state index is 0.00685. The van der Waals surface area contributed by atoms with Crippen LogP contribution in [0.5, 0.6) is 0 Å². The van der Waals surface area contributed by atoms with Crippen molar-refractivity contribution in [2.24, 2.45) is 11.8 Å². The minimum Gasteiger partial charge on any atom is -0.465 e. The Morgan fingerprint density at radius 2 is 1.50 bits per heavy atom. The van der Waals surface area contributed by atoms with Crippen LogP contribution < -0.4 is 0 Å². The van der Waals surface area contributed by atoms with Crippen LogP contribution in [0.3, 0.4) is 0 Å². The number of esters is 2. The Bertz CT molecular complexity index is 422. The third kappa shape index (κ3) is 9.98. The van der Waals surface area contributed by atoms with E-state index in [-0.39, 0.29) is 17.9 Å². The molecule has 0 N–H and O–H groups in total. The zero-order valence-electron chi connectivity index (χ0n) is 16.9.